The lowest BCUT2D eigenvalue weighted by molar-refractivity contribution is -0.0231. The van der Waals surface area contributed by atoms with Crippen molar-refractivity contribution < 1.29 is 31.5 Å². The third kappa shape index (κ3) is 11.3. The summed E-state index contributed by atoms with van der Waals surface area (Å²) in [6.07, 6.45) is 0.938. The summed E-state index contributed by atoms with van der Waals surface area (Å²) in [4.78, 5) is 55.7. The summed E-state index contributed by atoms with van der Waals surface area (Å²) in [5, 5.41) is 8.83. The molecule has 84 heavy (non-hydrogen) atoms. The van der Waals surface area contributed by atoms with Gasteiger partial charge in [0.2, 0.25) is 0 Å². The van der Waals surface area contributed by atoms with Crippen molar-refractivity contribution >= 4 is 80.5 Å². The number of fused-ring (bicyclic) bond motifs is 1. The minimum absolute atomic E-state index is 0.0220. The van der Waals surface area contributed by atoms with Gasteiger partial charge in [-0.05, 0) is 63.0 Å². The Bertz CT molecular complexity index is 3920. The van der Waals surface area contributed by atoms with Gasteiger partial charge in [-0.3, -0.25) is 23.7 Å². The number of amides is 1. The predicted molar refractivity (Wildman–Crippen MR) is 328 cm³/mol. The third-order valence-electron chi connectivity index (χ3n) is 16.0. The van der Waals surface area contributed by atoms with Crippen molar-refractivity contribution in [1.82, 2.24) is 29.1 Å². The standard InChI is InChI=1S/C65H61N7O9SSi2/c1-46-41-71(65(75)70-63(46)73)59-40-56(81-84(52-31-17-6-18-32-52,53-33-19-7-20-34-53)54-35-21-8-22-36-54)55(79-59)37-38-82(76,77)43-48-39-58(72-45-68-60-61(66-44-67-62(60)72)69-64(74)47-23-9-2-10-24-47)80-57(48)42-78-83(49-25-11-3-12-26-49,50-27-13-4-14-28-50)51-29-15-5-16-30-51/h2-36,41,44-45,48,55-59H,37-40,42-43H2,1H3,(H,70,73,75)(H,66,67,69,74)/t48-,55-,56+,57-,58-,59-/m1/s1. The van der Waals surface area contributed by atoms with Gasteiger partial charge in [0.1, 0.15) is 18.8 Å². The van der Waals surface area contributed by atoms with Crippen molar-refractivity contribution in [3.8, 4) is 0 Å². The Morgan fingerprint density at radius 3 is 1.62 bits per heavy atom. The Balaban J connectivity index is 0.886. The summed E-state index contributed by atoms with van der Waals surface area (Å²) in [6.45, 7) is 1.65. The summed E-state index contributed by atoms with van der Waals surface area (Å²) in [5.74, 6) is -1.33. The van der Waals surface area contributed by atoms with Crippen LogP contribution in [0.25, 0.3) is 11.2 Å². The molecule has 3 aromatic heterocycles. The molecule has 12 rings (SSSR count). The van der Waals surface area contributed by atoms with Gasteiger partial charge in [-0.25, -0.2) is 28.2 Å². The number of H-pyrrole nitrogens is 1. The number of nitrogens with zero attached hydrogens (tertiary/aromatic N) is 5. The average Bonchev–Trinajstić information content (AvgIpc) is 2.47. The number of imidazole rings is 1. The molecule has 2 aliphatic rings. The molecular formula is C65H61N7O9SSi2. The fraction of sp³-hybridized carbons (Fsp3) is 0.200. The van der Waals surface area contributed by atoms with Gasteiger partial charge in [0, 0.05) is 29.7 Å². The molecule has 2 fully saturated rings. The molecule has 6 atom stereocenters. The maximum atomic E-state index is 15.2. The Labute approximate surface area is 488 Å². The first-order chi connectivity index (χ1) is 41.0. The second kappa shape index (κ2) is 24.4. The van der Waals surface area contributed by atoms with E-state index < -0.39 is 74.4 Å². The van der Waals surface area contributed by atoms with Crippen molar-refractivity contribution in [3.05, 3.63) is 263 Å². The highest BCUT2D eigenvalue weighted by Crippen LogP contribution is 2.39. The van der Waals surface area contributed by atoms with Crippen molar-refractivity contribution in [2.24, 2.45) is 5.92 Å². The fourth-order valence-corrected chi connectivity index (χ4v) is 21.7. The van der Waals surface area contributed by atoms with Crippen LogP contribution in [0, 0.1) is 12.8 Å². The summed E-state index contributed by atoms with van der Waals surface area (Å²) in [6, 6.07) is 69.5. The SMILES string of the molecule is Cc1cn([C@H]2C[C@H](O[Si](c3ccccc3)(c3ccccc3)c3ccccc3)[C@@H](CCS(=O)(=O)C[C@H]3C[C@H](n4cnc5c(NC(=O)c6ccccc6)ncnc54)O[C@@H]3CO[Si](c3ccccc3)(c3ccccc3)c3ccccc3)O2)c(=O)[nH]c1=O. The van der Waals surface area contributed by atoms with Gasteiger partial charge in [0.25, 0.3) is 28.1 Å². The number of sulfone groups is 1. The number of nitrogens with one attached hydrogen (secondary N) is 2. The van der Waals surface area contributed by atoms with Crippen LogP contribution in [0.5, 0.6) is 0 Å². The molecule has 2 saturated heterocycles. The first-order valence-electron chi connectivity index (χ1n) is 28.0. The smallest absolute Gasteiger partial charge is 0.330 e. The van der Waals surface area contributed by atoms with E-state index in [1.165, 1.54) is 17.1 Å². The summed E-state index contributed by atoms with van der Waals surface area (Å²) in [7, 11) is -10.7. The number of aromatic amines is 1. The van der Waals surface area contributed by atoms with Gasteiger partial charge in [-0.1, -0.05) is 200 Å². The van der Waals surface area contributed by atoms with Gasteiger partial charge in [0.05, 0.1) is 42.8 Å². The van der Waals surface area contributed by atoms with Gasteiger partial charge in [-0.2, -0.15) is 0 Å². The van der Waals surface area contributed by atoms with Crippen LogP contribution in [0.2, 0.25) is 0 Å². The van der Waals surface area contributed by atoms with Crippen LogP contribution in [-0.4, -0.2) is 96.5 Å². The molecule has 16 nitrogen and oxygen atoms in total. The Kier molecular flexibility index (Phi) is 16.2. The molecule has 424 valence electrons. The number of ether oxygens (including phenoxy) is 2. The normalized spacial score (nSPS) is 19.1. The number of hydrogen-bond acceptors (Lipinski definition) is 12. The van der Waals surface area contributed by atoms with E-state index in [0.717, 1.165) is 31.1 Å². The van der Waals surface area contributed by atoms with Crippen LogP contribution in [0.15, 0.2) is 241 Å². The van der Waals surface area contributed by atoms with Gasteiger partial charge in [-0.15, -0.1) is 0 Å². The summed E-state index contributed by atoms with van der Waals surface area (Å²) >= 11 is 0. The van der Waals surface area contributed by atoms with E-state index in [2.05, 4.69) is 98.0 Å². The Hall–Kier alpha value is -8.54. The highest BCUT2D eigenvalue weighted by atomic mass is 32.2. The summed E-state index contributed by atoms with van der Waals surface area (Å²) < 4.78 is 62.7. The zero-order chi connectivity index (χ0) is 57.7. The lowest BCUT2D eigenvalue weighted by atomic mass is 10.0. The molecule has 0 radical (unpaired) electrons. The molecule has 10 aromatic rings. The van der Waals surface area contributed by atoms with E-state index in [-0.39, 0.29) is 49.1 Å². The molecule has 0 saturated carbocycles. The maximum Gasteiger partial charge on any atom is 0.330 e. The molecule has 19 heteroatoms. The molecule has 1 amide bonds. The van der Waals surface area contributed by atoms with E-state index in [9.17, 15) is 14.4 Å². The number of anilines is 1. The highest BCUT2D eigenvalue weighted by Gasteiger charge is 2.50. The molecule has 2 N–H and O–H groups in total. The summed E-state index contributed by atoms with van der Waals surface area (Å²) in [5.41, 5.74) is 0.340. The van der Waals surface area contributed by atoms with Crippen LogP contribution in [0.4, 0.5) is 5.82 Å². The van der Waals surface area contributed by atoms with Crippen LogP contribution in [-0.2, 0) is 28.2 Å². The Morgan fingerprint density at radius 2 is 1.10 bits per heavy atom. The second-order valence-electron chi connectivity index (χ2n) is 21.3. The van der Waals surface area contributed by atoms with E-state index >= 15 is 8.42 Å². The van der Waals surface area contributed by atoms with Crippen molar-refractivity contribution in [2.75, 3.05) is 23.4 Å². The largest absolute Gasteiger partial charge is 0.402 e. The number of aromatic nitrogens is 6. The zero-order valence-electron chi connectivity index (χ0n) is 46.0. The number of hydrogen-bond donors (Lipinski definition) is 2. The highest BCUT2D eigenvalue weighted by molar-refractivity contribution is 7.91. The number of aryl methyl sites for hydroxylation is 1. The molecular weight excluding hydrogens is 1110 g/mol. The number of carbonyl (C=O) groups is 1. The zero-order valence-corrected chi connectivity index (χ0v) is 48.8. The van der Waals surface area contributed by atoms with Crippen molar-refractivity contribution in [2.45, 2.75) is 57.0 Å². The van der Waals surface area contributed by atoms with E-state index in [4.69, 9.17) is 18.3 Å². The molecule has 0 unspecified atom stereocenters. The molecule has 0 aliphatic carbocycles. The van der Waals surface area contributed by atoms with E-state index in [0.29, 0.717) is 22.3 Å². The lowest BCUT2D eigenvalue weighted by Gasteiger charge is -2.37. The number of rotatable bonds is 20. The van der Waals surface area contributed by atoms with Crippen LogP contribution in [0.1, 0.15) is 47.6 Å². The van der Waals surface area contributed by atoms with Gasteiger partial charge >= 0.3 is 5.69 Å². The topological polar surface area (TPSA) is 199 Å². The second-order valence-corrected chi connectivity index (χ2v) is 30.2. The Morgan fingerprint density at radius 1 is 0.619 bits per heavy atom. The monoisotopic (exact) mass is 1170 g/mol. The minimum atomic E-state index is -3.97. The van der Waals surface area contributed by atoms with Crippen LogP contribution >= 0.6 is 0 Å². The van der Waals surface area contributed by atoms with E-state index in [1.807, 2.05) is 115 Å². The number of benzene rings is 7. The molecule has 7 aromatic carbocycles. The average molecular weight is 1170 g/mol. The number of carbonyl (C=O) groups excluding carboxylic acids is 1. The predicted octanol–water partition coefficient (Wildman–Crippen LogP) is 5.67. The van der Waals surface area contributed by atoms with E-state index in [1.54, 1.807) is 42.1 Å². The van der Waals surface area contributed by atoms with Crippen molar-refractivity contribution in [3.63, 3.8) is 0 Å². The van der Waals surface area contributed by atoms with Gasteiger partial charge < -0.3 is 23.6 Å². The first kappa shape index (κ1) is 56.0. The van der Waals surface area contributed by atoms with Crippen LogP contribution in [0.3, 0.4) is 0 Å². The third-order valence-corrected chi connectivity index (χ3v) is 25.9. The quantitative estimate of drug-likeness (QED) is 0.0702. The molecule has 2 aliphatic heterocycles. The molecule has 5 heterocycles. The minimum Gasteiger partial charge on any atom is -0.402 e. The first-order valence-corrected chi connectivity index (χ1v) is 33.6. The lowest BCUT2D eigenvalue weighted by Crippen LogP contribution is -2.70. The molecule has 0 bridgehead atoms. The van der Waals surface area contributed by atoms with Gasteiger partial charge in [0.15, 0.2) is 26.8 Å². The fourth-order valence-electron chi connectivity index (χ4n) is 11.9. The van der Waals surface area contributed by atoms with Crippen molar-refractivity contribution in [1.29, 1.82) is 0 Å². The molecule has 0 spiro atoms. The maximum absolute atomic E-state index is 15.2. The van der Waals surface area contributed by atoms with Crippen LogP contribution < -0.4 is 47.7 Å².